The number of hydrogen-bond acceptors (Lipinski definition) is 3. The Morgan fingerprint density at radius 1 is 1.53 bits per heavy atom. The first kappa shape index (κ1) is 11.8. The molecule has 0 saturated carbocycles. The number of nitrogens with zero attached hydrogens (tertiary/aromatic N) is 1. The minimum absolute atomic E-state index is 0.0900. The molecular formula is C10H17NO4. The fourth-order valence-electron chi connectivity index (χ4n) is 1.97. The van der Waals surface area contributed by atoms with Gasteiger partial charge in [-0.1, -0.05) is 0 Å². The summed E-state index contributed by atoms with van der Waals surface area (Å²) in [6.45, 7) is 0.623. The van der Waals surface area contributed by atoms with Gasteiger partial charge in [0.15, 0.2) is 0 Å². The van der Waals surface area contributed by atoms with Crippen LogP contribution in [0, 0.1) is 0 Å². The molecule has 1 aliphatic rings. The Balaban J connectivity index is 2.26. The number of carboxylic acid groups (broad SMARTS) is 1. The highest BCUT2D eigenvalue weighted by molar-refractivity contribution is 5.69. The maximum atomic E-state index is 10.8. The average molecular weight is 215 g/mol. The quantitative estimate of drug-likeness (QED) is 0.721. The van der Waals surface area contributed by atoms with Crippen molar-refractivity contribution in [1.82, 2.24) is 4.90 Å². The maximum absolute atomic E-state index is 10.8. The lowest BCUT2D eigenvalue weighted by Gasteiger charge is -2.20. The van der Waals surface area contributed by atoms with Crippen molar-refractivity contribution in [3.63, 3.8) is 0 Å². The summed E-state index contributed by atoms with van der Waals surface area (Å²) < 4.78 is 4.52. The zero-order valence-electron chi connectivity index (χ0n) is 8.94. The molecule has 0 radical (unpaired) electrons. The molecule has 1 heterocycles. The van der Waals surface area contributed by atoms with E-state index in [4.69, 9.17) is 5.11 Å². The van der Waals surface area contributed by atoms with Crippen LogP contribution in [0.25, 0.3) is 0 Å². The Morgan fingerprint density at radius 3 is 2.87 bits per heavy atom. The molecule has 1 fully saturated rings. The third-order valence-corrected chi connectivity index (χ3v) is 2.77. The van der Waals surface area contributed by atoms with Crippen molar-refractivity contribution in [3.8, 4) is 0 Å². The molecule has 0 bridgehead atoms. The standard InChI is InChI=1S/C10H17NO4/c1-15-9(12)6-2-4-8-5-3-7-11(8)10(13)14/h8H,2-7H2,1H3,(H,13,14). The lowest BCUT2D eigenvalue weighted by molar-refractivity contribution is -0.140. The third-order valence-electron chi connectivity index (χ3n) is 2.77. The molecule has 1 saturated heterocycles. The normalized spacial score (nSPS) is 20.3. The molecule has 5 heteroatoms. The van der Waals surface area contributed by atoms with Crippen LogP contribution in [0.1, 0.15) is 32.1 Å². The van der Waals surface area contributed by atoms with E-state index >= 15 is 0 Å². The summed E-state index contributed by atoms with van der Waals surface area (Å²) in [4.78, 5) is 23.1. The van der Waals surface area contributed by atoms with Crippen molar-refractivity contribution in [2.45, 2.75) is 38.1 Å². The van der Waals surface area contributed by atoms with Gasteiger partial charge >= 0.3 is 12.1 Å². The summed E-state index contributed by atoms with van der Waals surface area (Å²) in [7, 11) is 1.36. The molecule has 1 aliphatic heterocycles. The summed E-state index contributed by atoms with van der Waals surface area (Å²) >= 11 is 0. The van der Waals surface area contributed by atoms with Crippen LogP contribution in [-0.4, -0.2) is 41.8 Å². The van der Waals surface area contributed by atoms with Crippen LogP contribution < -0.4 is 0 Å². The van der Waals surface area contributed by atoms with Crippen molar-refractivity contribution >= 4 is 12.1 Å². The fourth-order valence-corrected chi connectivity index (χ4v) is 1.97. The molecule has 1 rings (SSSR count). The molecule has 1 N–H and O–H groups in total. The predicted molar refractivity (Wildman–Crippen MR) is 53.6 cm³/mol. The van der Waals surface area contributed by atoms with Gasteiger partial charge in [-0.05, 0) is 25.7 Å². The maximum Gasteiger partial charge on any atom is 0.407 e. The van der Waals surface area contributed by atoms with Crippen molar-refractivity contribution in [2.24, 2.45) is 0 Å². The van der Waals surface area contributed by atoms with E-state index in [1.807, 2.05) is 0 Å². The Morgan fingerprint density at radius 2 is 2.27 bits per heavy atom. The van der Waals surface area contributed by atoms with Crippen molar-refractivity contribution in [1.29, 1.82) is 0 Å². The Kier molecular flexibility index (Phi) is 4.39. The second-order valence-corrected chi connectivity index (χ2v) is 3.74. The topological polar surface area (TPSA) is 66.8 Å². The molecule has 1 unspecified atom stereocenters. The molecule has 0 aromatic carbocycles. The van der Waals surface area contributed by atoms with Gasteiger partial charge in [-0.15, -0.1) is 0 Å². The minimum Gasteiger partial charge on any atom is -0.469 e. The van der Waals surface area contributed by atoms with Crippen LogP contribution in [0.3, 0.4) is 0 Å². The summed E-state index contributed by atoms with van der Waals surface area (Å²) in [5.74, 6) is -0.227. The van der Waals surface area contributed by atoms with E-state index in [0.717, 1.165) is 19.3 Å². The minimum atomic E-state index is -0.851. The smallest absolute Gasteiger partial charge is 0.407 e. The molecule has 1 amide bonds. The first-order valence-electron chi connectivity index (χ1n) is 5.21. The predicted octanol–water partition coefficient (Wildman–Crippen LogP) is 1.47. The first-order valence-corrected chi connectivity index (χ1v) is 5.21. The van der Waals surface area contributed by atoms with Crippen LogP contribution in [0.4, 0.5) is 4.79 Å². The first-order chi connectivity index (χ1) is 7.15. The monoisotopic (exact) mass is 215 g/mol. The fraction of sp³-hybridized carbons (Fsp3) is 0.800. The SMILES string of the molecule is COC(=O)CCCC1CCCN1C(=O)O. The molecule has 5 nitrogen and oxygen atoms in total. The van der Waals surface area contributed by atoms with Gasteiger partial charge in [-0.3, -0.25) is 4.79 Å². The average Bonchev–Trinajstić information content (AvgIpc) is 2.65. The molecule has 0 aromatic heterocycles. The second kappa shape index (κ2) is 5.58. The van der Waals surface area contributed by atoms with Crippen molar-refractivity contribution in [2.75, 3.05) is 13.7 Å². The number of likely N-dealkylation sites (tertiary alicyclic amines) is 1. The van der Waals surface area contributed by atoms with Gasteiger partial charge in [0.1, 0.15) is 0 Å². The van der Waals surface area contributed by atoms with E-state index in [1.54, 1.807) is 0 Å². The van der Waals surface area contributed by atoms with Gasteiger partial charge in [-0.25, -0.2) is 4.79 Å². The summed E-state index contributed by atoms with van der Waals surface area (Å²) in [6, 6.07) is 0.0900. The van der Waals surface area contributed by atoms with Crippen LogP contribution in [0.2, 0.25) is 0 Å². The number of esters is 1. The molecule has 86 valence electrons. The lowest BCUT2D eigenvalue weighted by Crippen LogP contribution is -2.34. The number of ether oxygens (including phenoxy) is 1. The van der Waals surface area contributed by atoms with Crippen LogP contribution in [0.5, 0.6) is 0 Å². The van der Waals surface area contributed by atoms with Crippen LogP contribution >= 0.6 is 0 Å². The number of carbonyl (C=O) groups is 2. The lowest BCUT2D eigenvalue weighted by atomic mass is 10.1. The Labute approximate surface area is 89.0 Å². The zero-order chi connectivity index (χ0) is 11.3. The summed E-state index contributed by atoms with van der Waals surface area (Å²) in [5, 5.41) is 8.87. The highest BCUT2D eigenvalue weighted by Gasteiger charge is 2.27. The molecule has 0 spiro atoms. The van der Waals surface area contributed by atoms with E-state index in [9.17, 15) is 9.59 Å². The van der Waals surface area contributed by atoms with Crippen LogP contribution in [0.15, 0.2) is 0 Å². The Hall–Kier alpha value is -1.26. The van der Waals surface area contributed by atoms with Crippen molar-refractivity contribution < 1.29 is 19.4 Å². The van der Waals surface area contributed by atoms with Gasteiger partial charge in [0.2, 0.25) is 0 Å². The molecule has 0 aliphatic carbocycles. The highest BCUT2D eigenvalue weighted by Crippen LogP contribution is 2.21. The molecule has 0 aromatic rings. The van der Waals surface area contributed by atoms with E-state index in [2.05, 4.69) is 4.74 Å². The number of hydrogen-bond donors (Lipinski definition) is 1. The number of carbonyl (C=O) groups excluding carboxylic acids is 1. The van der Waals surface area contributed by atoms with Gasteiger partial charge in [-0.2, -0.15) is 0 Å². The van der Waals surface area contributed by atoms with E-state index in [-0.39, 0.29) is 12.0 Å². The van der Waals surface area contributed by atoms with Crippen LogP contribution in [-0.2, 0) is 9.53 Å². The second-order valence-electron chi connectivity index (χ2n) is 3.74. The summed E-state index contributed by atoms with van der Waals surface area (Å²) in [6.07, 6.45) is 2.81. The van der Waals surface area contributed by atoms with Gasteiger partial charge in [0.25, 0.3) is 0 Å². The third kappa shape index (κ3) is 3.42. The number of amides is 1. The largest absolute Gasteiger partial charge is 0.469 e. The van der Waals surface area contributed by atoms with E-state index in [1.165, 1.54) is 12.0 Å². The summed E-state index contributed by atoms with van der Waals surface area (Å²) in [5.41, 5.74) is 0. The molecule has 1 atom stereocenters. The van der Waals surface area contributed by atoms with Crippen molar-refractivity contribution in [3.05, 3.63) is 0 Å². The molecule has 15 heavy (non-hydrogen) atoms. The van der Waals surface area contributed by atoms with Gasteiger partial charge in [0.05, 0.1) is 7.11 Å². The number of rotatable bonds is 4. The van der Waals surface area contributed by atoms with E-state index < -0.39 is 6.09 Å². The zero-order valence-corrected chi connectivity index (χ0v) is 8.94. The Bertz CT molecular complexity index is 242. The highest BCUT2D eigenvalue weighted by atomic mass is 16.5. The van der Waals surface area contributed by atoms with Gasteiger partial charge in [0, 0.05) is 19.0 Å². The van der Waals surface area contributed by atoms with E-state index in [0.29, 0.717) is 19.4 Å². The molecular weight excluding hydrogens is 198 g/mol. The number of methoxy groups -OCH3 is 1. The van der Waals surface area contributed by atoms with Gasteiger partial charge < -0.3 is 14.7 Å².